The summed E-state index contributed by atoms with van der Waals surface area (Å²) in [6.07, 6.45) is 1.16. The van der Waals surface area contributed by atoms with Crippen molar-refractivity contribution >= 4 is 6.03 Å². The summed E-state index contributed by atoms with van der Waals surface area (Å²) in [6.45, 7) is 5.16. The van der Waals surface area contributed by atoms with Crippen LogP contribution in [0.3, 0.4) is 0 Å². The number of hydrogen-bond donors (Lipinski definition) is 3. The van der Waals surface area contributed by atoms with E-state index in [1.54, 1.807) is 7.05 Å². The third-order valence-electron chi connectivity index (χ3n) is 2.71. The van der Waals surface area contributed by atoms with E-state index >= 15 is 0 Å². The highest BCUT2D eigenvalue weighted by atomic mass is 16.2. The first-order chi connectivity index (χ1) is 6.24. The maximum atomic E-state index is 10.9. The molecule has 4 nitrogen and oxygen atoms in total. The first-order valence-electron chi connectivity index (χ1n) is 4.90. The lowest BCUT2D eigenvalue weighted by Crippen LogP contribution is -2.43. The fourth-order valence-corrected chi connectivity index (χ4v) is 1.68. The molecule has 0 saturated carbocycles. The summed E-state index contributed by atoms with van der Waals surface area (Å²) in [5.74, 6) is 1.28. The number of carbonyl (C=O) groups excluding carboxylic acids is 1. The van der Waals surface area contributed by atoms with Crippen LogP contribution in [0.1, 0.15) is 13.3 Å². The quantitative estimate of drug-likeness (QED) is 0.574. The summed E-state index contributed by atoms with van der Waals surface area (Å²) in [5.41, 5.74) is 0. The Morgan fingerprint density at radius 1 is 1.62 bits per heavy atom. The summed E-state index contributed by atoms with van der Waals surface area (Å²) in [6, 6.07) is -0.0780. The molecule has 13 heavy (non-hydrogen) atoms. The Labute approximate surface area is 79.5 Å². The number of urea groups is 1. The van der Waals surface area contributed by atoms with Crippen molar-refractivity contribution in [3.8, 4) is 0 Å². The summed E-state index contributed by atoms with van der Waals surface area (Å²) < 4.78 is 0. The van der Waals surface area contributed by atoms with Crippen molar-refractivity contribution in [2.75, 3.05) is 26.7 Å². The predicted molar refractivity (Wildman–Crippen MR) is 52.6 cm³/mol. The van der Waals surface area contributed by atoms with E-state index in [4.69, 9.17) is 0 Å². The third kappa shape index (κ3) is 3.22. The largest absolute Gasteiger partial charge is 0.341 e. The minimum absolute atomic E-state index is 0.0780. The van der Waals surface area contributed by atoms with E-state index in [-0.39, 0.29) is 6.03 Å². The average molecular weight is 185 g/mol. The normalized spacial score (nSPS) is 28.2. The number of piperidine rings is 1. The molecule has 3 N–H and O–H groups in total. The molecule has 2 atom stereocenters. The van der Waals surface area contributed by atoms with Gasteiger partial charge in [-0.25, -0.2) is 4.79 Å². The zero-order chi connectivity index (χ0) is 9.68. The van der Waals surface area contributed by atoms with E-state index < -0.39 is 0 Å². The molecule has 0 spiro atoms. The van der Waals surface area contributed by atoms with Crippen LogP contribution < -0.4 is 16.0 Å². The van der Waals surface area contributed by atoms with Gasteiger partial charge < -0.3 is 16.0 Å². The van der Waals surface area contributed by atoms with Crippen LogP contribution in [0, 0.1) is 11.8 Å². The number of amides is 2. The van der Waals surface area contributed by atoms with Gasteiger partial charge in [-0.3, -0.25) is 0 Å². The van der Waals surface area contributed by atoms with Gasteiger partial charge in [-0.15, -0.1) is 0 Å². The molecule has 4 heteroatoms. The van der Waals surface area contributed by atoms with Gasteiger partial charge in [0.05, 0.1) is 0 Å². The van der Waals surface area contributed by atoms with Crippen molar-refractivity contribution < 1.29 is 4.79 Å². The van der Waals surface area contributed by atoms with Crippen LogP contribution in [-0.2, 0) is 0 Å². The second-order valence-electron chi connectivity index (χ2n) is 3.69. The number of rotatable bonds is 2. The first-order valence-corrected chi connectivity index (χ1v) is 4.90. The lowest BCUT2D eigenvalue weighted by molar-refractivity contribution is 0.230. The molecule has 0 aromatic carbocycles. The molecule has 2 unspecified atom stereocenters. The average Bonchev–Trinajstić information content (AvgIpc) is 2.16. The minimum atomic E-state index is -0.0780. The molecular weight excluding hydrogens is 166 g/mol. The lowest BCUT2D eigenvalue weighted by Gasteiger charge is -2.29. The molecule has 0 aromatic heterocycles. The van der Waals surface area contributed by atoms with Gasteiger partial charge in [-0.05, 0) is 31.3 Å². The van der Waals surface area contributed by atoms with Gasteiger partial charge in [0.2, 0.25) is 0 Å². The van der Waals surface area contributed by atoms with Gasteiger partial charge in [0.1, 0.15) is 0 Å². The first kappa shape index (κ1) is 10.3. The van der Waals surface area contributed by atoms with Crippen molar-refractivity contribution in [2.24, 2.45) is 11.8 Å². The van der Waals surface area contributed by atoms with Gasteiger partial charge in [0, 0.05) is 13.6 Å². The molecule has 1 aliphatic heterocycles. The molecule has 2 amide bonds. The molecule has 0 aromatic rings. The van der Waals surface area contributed by atoms with Crippen LogP contribution in [-0.4, -0.2) is 32.7 Å². The van der Waals surface area contributed by atoms with Crippen molar-refractivity contribution in [1.29, 1.82) is 0 Å². The summed E-state index contributed by atoms with van der Waals surface area (Å²) in [4.78, 5) is 10.9. The summed E-state index contributed by atoms with van der Waals surface area (Å²) in [5, 5.41) is 8.75. The molecule has 1 aliphatic rings. The topological polar surface area (TPSA) is 53.2 Å². The van der Waals surface area contributed by atoms with Crippen LogP contribution >= 0.6 is 0 Å². The smallest absolute Gasteiger partial charge is 0.314 e. The molecule has 76 valence electrons. The highest BCUT2D eigenvalue weighted by molar-refractivity contribution is 5.73. The molecule has 0 bridgehead atoms. The molecule has 1 heterocycles. The highest BCUT2D eigenvalue weighted by Gasteiger charge is 2.20. The maximum Gasteiger partial charge on any atom is 0.314 e. The Bertz CT molecular complexity index is 172. The molecule has 1 saturated heterocycles. The zero-order valence-corrected chi connectivity index (χ0v) is 8.39. The van der Waals surface area contributed by atoms with Crippen LogP contribution in [0.5, 0.6) is 0 Å². The van der Waals surface area contributed by atoms with Crippen LogP contribution in [0.15, 0.2) is 0 Å². The monoisotopic (exact) mass is 185 g/mol. The Kier molecular flexibility index (Phi) is 4.02. The molecule has 0 aliphatic carbocycles. The Morgan fingerprint density at radius 3 is 3.00 bits per heavy atom. The van der Waals surface area contributed by atoms with Crippen LogP contribution in [0.25, 0.3) is 0 Å². The van der Waals surface area contributed by atoms with Crippen molar-refractivity contribution in [3.63, 3.8) is 0 Å². The summed E-state index contributed by atoms with van der Waals surface area (Å²) in [7, 11) is 1.64. The second kappa shape index (κ2) is 5.07. The van der Waals surface area contributed by atoms with Crippen molar-refractivity contribution in [1.82, 2.24) is 16.0 Å². The Morgan fingerprint density at radius 2 is 2.38 bits per heavy atom. The van der Waals surface area contributed by atoms with E-state index in [9.17, 15) is 4.79 Å². The number of hydrogen-bond acceptors (Lipinski definition) is 2. The van der Waals surface area contributed by atoms with Gasteiger partial charge >= 0.3 is 6.03 Å². The second-order valence-corrected chi connectivity index (χ2v) is 3.69. The third-order valence-corrected chi connectivity index (χ3v) is 2.71. The standard InChI is InChI=1S/C9H19N3O/c1-7-5-11-4-3-8(7)6-12-9(13)10-2/h7-8,11H,3-6H2,1-2H3,(H2,10,12,13). The number of carbonyl (C=O) groups is 1. The van der Waals surface area contributed by atoms with E-state index in [0.29, 0.717) is 11.8 Å². The van der Waals surface area contributed by atoms with Gasteiger partial charge in [-0.1, -0.05) is 6.92 Å². The van der Waals surface area contributed by atoms with Crippen molar-refractivity contribution in [2.45, 2.75) is 13.3 Å². The van der Waals surface area contributed by atoms with Crippen molar-refractivity contribution in [3.05, 3.63) is 0 Å². The van der Waals surface area contributed by atoms with Gasteiger partial charge in [0.15, 0.2) is 0 Å². The SMILES string of the molecule is CNC(=O)NCC1CCNCC1C. The minimum Gasteiger partial charge on any atom is -0.341 e. The molecule has 1 rings (SSSR count). The predicted octanol–water partition coefficient (Wildman–Crippen LogP) is 0.161. The van der Waals surface area contributed by atoms with E-state index in [1.807, 2.05) is 0 Å². The Balaban J connectivity index is 2.22. The van der Waals surface area contributed by atoms with Crippen LogP contribution in [0.2, 0.25) is 0 Å². The van der Waals surface area contributed by atoms with Gasteiger partial charge in [0.25, 0.3) is 0 Å². The van der Waals surface area contributed by atoms with E-state index in [0.717, 1.165) is 26.1 Å². The van der Waals surface area contributed by atoms with Crippen LogP contribution in [0.4, 0.5) is 4.79 Å². The number of nitrogens with one attached hydrogen (secondary N) is 3. The highest BCUT2D eigenvalue weighted by Crippen LogP contribution is 2.17. The zero-order valence-electron chi connectivity index (χ0n) is 8.39. The van der Waals surface area contributed by atoms with Gasteiger partial charge in [-0.2, -0.15) is 0 Å². The lowest BCUT2D eigenvalue weighted by atomic mass is 9.88. The van der Waals surface area contributed by atoms with E-state index in [1.165, 1.54) is 0 Å². The molecule has 1 fully saturated rings. The summed E-state index contributed by atoms with van der Waals surface area (Å²) >= 11 is 0. The Hall–Kier alpha value is -0.770. The fourth-order valence-electron chi connectivity index (χ4n) is 1.68. The maximum absolute atomic E-state index is 10.9. The van der Waals surface area contributed by atoms with E-state index in [2.05, 4.69) is 22.9 Å². The molecular formula is C9H19N3O. The molecule has 0 radical (unpaired) electrons. The fraction of sp³-hybridized carbons (Fsp3) is 0.889.